The molecule has 3 aromatic carbocycles. The Balaban J connectivity index is 1.47. The summed E-state index contributed by atoms with van der Waals surface area (Å²) in [6, 6.07) is 19.7. The number of morpholine rings is 1. The van der Waals surface area contributed by atoms with Gasteiger partial charge in [0.1, 0.15) is 18.1 Å². The minimum atomic E-state index is -0.793. The molecule has 2 aliphatic rings. The van der Waals surface area contributed by atoms with Crippen LogP contribution in [-0.2, 0) is 20.9 Å². The van der Waals surface area contributed by atoms with Gasteiger partial charge in [-0.1, -0.05) is 36.4 Å². The fourth-order valence-corrected chi connectivity index (χ4v) is 5.73. The summed E-state index contributed by atoms with van der Waals surface area (Å²) in [5, 5.41) is 11.6. The lowest BCUT2D eigenvalue weighted by Gasteiger charge is -2.29. The Bertz CT molecular complexity index is 1500. The van der Waals surface area contributed by atoms with E-state index in [0.717, 1.165) is 30.8 Å². The number of nitrogens with zero attached hydrogens (tertiary/aromatic N) is 2. The monoisotopic (exact) mass is 600 g/mol. The summed E-state index contributed by atoms with van der Waals surface area (Å²) in [5.41, 5.74) is 2.97. The van der Waals surface area contributed by atoms with Gasteiger partial charge in [0.15, 0.2) is 11.5 Å². The topological polar surface area (TPSA) is 97.8 Å². The molecule has 44 heavy (non-hydrogen) atoms. The Kier molecular flexibility index (Phi) is 10.2. The van der Waals surface area contributed by atoms with Gasteiger partial charge in [0, 0.05) is 31.7 Å². The van der Waals surface area contributed by atoms with Crippen LogP contribution in [0.4, 0.5) is 0 Å². The maximum atomic E-state index is 13.6. The van der Waals surface area contributed by atoms with Crippen molar-refractivity contribution in [2.24, 2.45) is 0 Å². The molecule has 2 fully saturated rings. The van der Waals surface area contributed by atoms with Crippen LogP contribution in [-0.4, -0.2) is 79.7 Å². The number of aliphatic hydroxyl groups excluding tert-OH is 1. The molecular formula is C35H40N2O7. The molecule has 9 nitrogen and oxygen atoms in total. The lowest BCUT2D eigenvalue weighted by molar-refractivity contribution is -0.140. The fourth-order valence-electron chi connectivity index (χ4n) is 5.73. The second-order valence-corrected chi connectivity index (χ2v) is 10.9. The summed E-state index contributed by atoms with van der Waals surface area (Å²) in [6.45, 7) is 8.80. The van der Waals surface area contributed by atoms with E-state index in [9.17, 15) is 14.7 Å². The first kappa shape index (κ1) is 31.1. The maximum Gasteiger partial charge on any atom is 0.295 e. The largest absolute Gasteiger partial charge is 0.507 e. The zero-order valence-corrected chi connectivity index (χ0v) is 25.6. The Morgan fingerprint density at radius 1 is 0.932 bits per heavy atom. The average Bonchev–Trinajstić information content (AvgIpc) is 3.30. The first-order valence-electron chi connectivity index (χ1n) is 15.1. The van der Waals surface area contributed by atoms with Gasteiger partial charge in [-0.15, -0.1) is 0 Å². The quantitative estimate of drug-likeness (QED) is 0.174. The van der Waals surface area contributed by atoms with Crippen molar-refractivity contribution in [3.63, 3.8) is 0 Å². The molecule has 0 saturated carbocycles. The minimum Gasteiger partial charge on any atom is -0.507 e. The Labute approximate surface area is 258 Å². The van der Waals surface area contributed by atoms with Crippen LogP contribution in [0.2, 0.25) is 0 Å². The number of benzene rings is 3. The molecule has 1 N–H and O–H groups in total. The van der Waals surface area contributed by atoms with E-state index in [2.05, 4.69) is 4.90 Å². The van der Waals surface area contributed by atoms with Crippen molar-refractivity contribution in [1.29, 1.82) is 0 Å². The second-order valence-electron chi connectivity index (χ2n) is 10.9. The maximum absolute atomic E-state index is 13.6. The van der Waals surface area contributed by atoms with Crippen molar-refractivity contribution in [1.82, 2.24) is 9.80 Å². The molecule has 0 spiro atoms. The van der Waals surface area contributed by atoms with Gasteiger partial charge in [-0.2, -0.15) is 0 Å². The predicted molar refractivity (Wildman–Crippen MR) is 167 cm³/mol. The molecule has 1 unspecified atom stereocenters. The molecule has 0 aromatic heterocycles. The van der Waals surface area contributed by atoms with E-state index < -0.39 is 17.7 Å². The highest BCUT2D eigenvalue weighted by Crippen LogP contribution is 2.42. The number of aryl methyl sites for hydroxylation is 1. The number of hydrogen-bond acceptors (Lipinski definition) is 8. The molecule has 0 bridgehead atoms. The Morgan fingerprint density at radius 3 is 2.39 bits per heavy atom. The Morgan fingerprint density at radius 2 is 1.68 bits per heavy atom. The fraction of sp³-hybridized carbons (Fsp3) is 0.371. The SMILES string of the molecule is CCOc1ccc(C2/C(=C(\O)c3ccc(OCc4ccccc4)c(C)c3)C(=O)C(=O)N2CCCN2CCOCC2)cc1OC. The summed E-state index contributed by atoms with van der Waals surface area (Å²) < 4.78 is 22.8. The van der Waals surface area contributed by atoms with Crippen molar-refractivity contribution in [2.75, 3.05) is 53.1 Å². The number of hydrogen-bond donors (Lipinski definition) is 1. The Hall–Kier alpha value is -4.34. The number of carbonyl (C=O) groups is 2. The van der Waals surface area contributed by atoms with Crippen LogP contribution in [0.1, 0.15) is 41.6 Å². The predicted octanol–water partition coefficient (Wildman–Crippen LogP) is 5.13. The zero-order chi connectivity index (χ0) is 31.1. The van der Waals surface area contributed by atoms with Crippen molar-refractivity contribution < 1.29 is 33.6 Å². The summed E-state index contributed by atoms with van der Waals surface area (Å²) in [7, 11) is 1.55. The van der Waals surface area contributed by atoms with Gasteiger partial charge in [-0.3, -0.25) is 14.5 Å². The highest BCUT2D eigenvalue weighted by molar-refractivity contribution is 6.46. The van der Waals surface area contributed by atoms with Crippen molar-refractivity contribution in [3.05, 3.63) is 94.6 Å². The summed E-state index contributed by atoms with van der Waals surface area (Å²) in [5.74, 6) is 0.139. The molecular weight excluding hydrogens is 560 g/mol. The number of aliphatic hydroxyl groups is 1. The van der Waals surface area contributed by atoms with Crippen LogP contribution >= 0.6 is 0 Å². The number of Topliss-reactive ketones (excluding diaryl/α,β-unsaturated/α-hetero) is 1. The number of rotatable bonds is 12. The van der Waals surface area contributed by atoms with Gasteiger partial charge >= 0.3 is 0 Å². The molecule has 0 aliphatic carbocycles. The van der Waals surface area contributed by atoms with E-state index in [0.29, 0.717) is 67.8 Å². The molecule has 0 radical (unpaired) electrons. The average molecular weight is 601 g/mol. The van der Waals surface area contributed by atoms with Gasteiger partial charge in [0.05, 0.1) is 38.5 Å². The van der Waals surface area contributed by atoms with Crippen LogP contribution in [0.3, 0.4) is 0 Å². The van der Waals surface area contributed by atoms with E-state index in [4.69, 9.17) is 18.9 Å². The van der Waals surface area contributed by atoms with Crippen LogP contribution < -0.4 is 14.2 Å². The molecule has 1 atom stereocenters. The number of likely N-dealkylation sites (tertiary alicyclic amines) is 1. The molecule has 2 heterocycles. The van der Waals surface area contributed by atoms with Gasteiger partial charge in [0.2, 0.25) is 0 Å². The third-order valence-electron chi connectivity index (χ3n) is 8.01. The number of ether oxygens (including phenoxy) is 4. The minimum absolute atomic E-state index is 0.0462. The van der Waals surface area contributed by atoms with Crippen molar-refractivity contribution in [3.8, 4) is 17.2 Å². The van der Waals surface area contributed by atoms with Crippen LogP contribution in [0, 0.1) is 6.92 Å². The molecule has 3 aromatic rings. The third kappa shape index (κ3) is 6.90. The summed E-state index contributed by atoms with van der Waals surface area (Å²) >= 11 is 0. The lowest BCUT2D eigenvalue weighted by Crippen LogP contribution is -2.39. The number of carbonyl (C=O) groups excluding carboxylic acids is 2. The van der Waals surface area contributed by atoms with Gasteiger partial charge < -0.3 is 29.0 Å². The van der Waals surface area contributed by atoms with Gasteiger partial charge in [-0.05, 0) is 67.3 Å². The third-order valence-corrected chi connectivity index (χ3v) is 8.01. The van der Waals surface area contributed by atoms with E-state index in [1.54, 1.807) is 42.3 Å². The molecule has 5 rings (SSSR count). The summed E-state index contributed by atoms with van der Waals surface area (Å²) in [4.78, 5) is 31.0. The zero-order valence-electron chi connectivity index (χ0n) is 25.6. The number of amides is 1. The number of ketones is 1. The molecule has 2 saturated heterocycles. The first-order chi connectivity index (χ1) is 21.4. The van der Waals surface area contributed by atoms with Crippen LogP contribution in [0.25, 0.3) is 5.76 Å². The normalized spacial score (nSPS) is 18.4. The van der Waals surface area contributed by atoms with Crippen LogP contribution in [0.15, 0.2) is 72.3 Å². The smallest absolute Gasteiger partial charge is 0.295 e. The standard InChI is InChI=1S/C35H40N2O7/c1-4-43-29-14-11-26(22-30(29)41-3)32-31(34(39)35(40)37(32)16-8-15-36-17-19-42-20-18-36)33(38)27-12-13-28(24(2)21-27)44-23-25-9-6-5-7-10-25/h5-7,9-14,21-22,32,38H,4,8,15-20,23H2,1-3H3/b33-31+. The van der Waals surface area contributed by atoms with E-state index in [-0.39, 0.29) is 11.3 Å². The lowest BCUT2D eigenvalue weighted by atomic mass is 9.94. The van der Waals surface area contributed by atoms with E-state index in [1.165, 1.54) is 0 Å². The van der Waals surface area contributed by atoms with Gasteiger partial charge in [0.25, 0.3) is 11.7 Å². The molecule has 1 amide bonds. The van der Waals surface area contributed by atoms with Crippen molar-refractivity contribution in [2.45, 2.75) is 32.9 Å². The highest BCUT2D eigenvalue weighted by atomic mass is 16.5. The first-order valence-corrected chi connectivity index (χ1v) is 15.1. The van der Waals surface area contributed by atoms with E-state index >= 15 is 0 Å². The number of methoxy groups -OCH3 is 1. The second kappa shape index (κ2) is 14.4. The molecule has 9 heteroatoms. The van der Waals surface area contributed by atoms with Gasteiger partial charge in [-0.25, -0.2) is 0 Å². The summed E-state index contributed by atoms with van der Waals surface area (Å²) in [6.07, 6.45) is 0.671. The van der Waals surface area contributed by atoms with E-state index in [1.807, 2.05) is 50.2 Å². The highest BCUT2D eigenvalue weighted by Gasteiger charge is 2.46. The van der Waals surface area contributed by atoms with Crippen LogP contribution in [0.5, 0.6) is 17.2 Å². The van der Waals surface area contributed by atoms with Crippen molar-refractivity contribution >= 4 is 17.4 Å². The molecule has 232 valence electrons. The molecule has 2 aliphatic heterocycles.